The molecule has 1 fully saturated rings. The Bertz CT molecular complexity index is 1740. The van der Waals surface area contributed by atoms with Crippen molar-refractivity contribution in [3.8, 4) is 0 Å². The van der Waals surface area contributed by atoms with E-state index in [0.29, 0.717) is 163 Å². The Hall–Kier alpha value is -2.71. The number of nitrogens with one attached hydrogen (secondary N) is 2. The first-order valence-corrected chi connectivity index (χ1v) is 30.6. The number of hydrogen-bond acceptors (Lipinski definition) is 21. The van der Waals surface area contributed by atoms with Crippen molar-refractivity contribution in [3.05, 3.63) is 12.7 Å². The van der Waals surface area contributed by atoms with Crippen molar-refractivity contribution in [2.45, 2.75) is 102 Å². The number of carbonyl (C=O) groups is 1. The predicted octanol–water partition coefficient (Wildman–Crippen LogP) is 4.42. The maximum atomic E-state index is 13.2. The minimum absolute atomic E-state index is 0.0183. The molecule has 0 bridgehead atoms. The first-order valence-electron chi connectivity index (χ1n) is 24.8. The molecule has 2 aromatic rings. The molecule has 1 aliphatic heterocycles. The fourth-order valence-electron chi connectivity index (χ4n) is 6.14. The van der Waals surface area contributed by atoms with E-state index in [2.05, 4.69) is 93.1 Å². The number of nitrogen functional groups attached to an aromatic ring is 1. The van der Waals surface area contributed by atoms with Gasteiger partial charge in [-0.2, -0.15) is 5.11 Å². The van der Waals surface area contributed by atoms with E-state index >= 15 is 0 Å². The Kier molecular flexibility index (Phi) is 30.0. The van der Waals surface area contributed by atoms with Crippen LogP contribution < -0.4 is 11.1 Å². The molecule has 3 heterocycles. The molecule has 410 valence electrons. The Balaban J connectivity index is 1.23. The molecule has 4 N–H and O–H groups in total. The third-order valence-electron chi connectivity index (χ3n) is 12.3. The third kappa shape index (κ3) is 24.0. The van der Waals surface area contributed by atoms with Crippen LogP contribution in [0.1, 0.15) is 47.8 Å². The number of anilines is 1. The molecular formula is C46H88N8O15Si2. The molecule has 1 aliphatic rings. The van der Waals surface area contributed by atoms with Crippen molar-refractivity contribution in [2.75, 3.05) is 164 Å². The summed E-state index contributed by atoms with van der Waals surface area (Å²) in [5.41, 5.74) is 13.8. The van der Waals surface area contributed by atoms with Gasteiger partial charge in [0.15, 0.2) is 34.3 Å². The molecule has 23 nitrogen and oxygen atoms in total. The summed E-state index contributed by atoms with van der Waals surface area (Å²) in [5.74, 6) is -0.0549. The molecule has 0 aliphatic carbocycles. The number of aromatic nitrogens is 4. The number of fused-ring (bicyclic) bond motifs is 1. The van der Waals surface area contributed by atoms with Crippen LogP contribution in [0.25, 0.3) is 11.2 Å². The van der Waals surface area contributed by atoms with E-state index in [-0.39, 0.29) is 28.4 Å². The number of nitrogens with two attached hydrogens (primary N) is 1. The zero-order valence-corrected chi connectivity index (χ0v) is 46.4. The quantitative estimate of drug-likeness (QED) is 0.0472. The van der Waals surface area contributed by atoms with E-state index in [1.165, 1.54) is 6.33 Å². The number of hydrogen-bond donors (Lipinski definition) is 3. The van der Waals surface area contributed by atoms with Gasteiger partial charge >= 0.3 is 0 Å². The maximum absolute atomic E-state index is 13.2. The Morgan fingerprint density at radius 1 is 0.662 bits per heavy atom. The average molecular weight is 1050 g/mol. The highest BCUT2D eigenvalue weighted by Gasteiger charge is 2.53. The van der Waals surface area contributed by atoms with Gasteiger partial charge < -0.3 is 76.7 Å². The van der Waals surface area contributed by atoms with Gasteiger partial charge in [-0.15, -0.1) is 0 Å². The van der Waals surface area contributed by atoms with E-state index in [1.54, 1.807) is 10.9 Å². The summed E-state index contributed by atoms with van der Waals surface area (Å²) < 4.78 is 83.9. The molecule has 0 saturated carbocycles. The molecule has 0 radical (unpaired) electrons. The van der Waals surface area contributed by atoms with Crippen molar-refractivity contribution in [2.24, 2.45) is 5.11 Å². The molecule has 0 aromatic carbocycles. The lowest BCUT2D eigenvalue weighted by Gasteiger charge is -2.41. The number of amides is 1. The van der Waals surface area contributed by atoms with Crippen LogP contribution in [0.5, 0.6) is 0 Å². The number of rotatable bonds is 42. The van der Waals surface area contributed by atoms with E-state index in [1.807, 2.05) is 0 Å². The van der Waals surface area contributed by atoms with Crippen LogP contribution in [0.3, 0.4) is 0 Å². The molecule has 1 saturated heterocycles. The summed E-state index contributed by atoms with van der Waals surface area (Å²) in [6.07, 6.45) is 0.472. The fraction of sp³-hybridized carbons (Fsp3) is 0.870. The first kappa shape index (κ1) is 62.6. The van der Waals surface area contributed by atoms with Crippen LogP contribution in [0.2, 0.25) is 36.3 Å². The Morgan fingerprint density at radius 3 is 1.54 bits per heavy atom. The highest BCUT2D eigenvalue weighted by molar-refractivity contribution is 6.74. The van der Waals surface area contributed by atoms with Crippen molar-refractivity contribution < 1.29 is 70.5 Å². The van der Waals surface area contributed by atoms with E-state index in [0.717, 1.165) is 0 Å². The lowest BCUT2D eigenvalue weighted by Crippen LogP contribution is -2.52. The normalized spacial score (nSPS) is 17.9. The van der Waals surface area contributed by atoms with Crippen molar-refractivity contribution in [1.29, 1.82) is 5.53 Å². The van der Waals surface area contributed by atoms with Crippen LogP contribution >= 0.6 is 0 Å². The second-order valence-electron chi connectivity index (χ2n) is 19.7. The van der Waals surface area contributed by atoms with Gasteiger partial charge in [-0.3, -0.25) is 9.36 Å². The Labute approximate surface area is 423 Å². The molecule has 3 rings (SSSR count). The van der Waals surface area contributed by atoms with Crippen molar-refractivity contribution in [1.82, 2.24) is 24.8 Å². The van der Waals surface area contributed by atoms with Crippen LogP contribution in [-0.2, 0) is 70.5 Å². The maximum Gasteiger partial charge on any atom is 0.246 e. The SMILES string of the molecule is CC(C)(C)[Si](C)(C)OC[C@H]1O[C@@H](n2cnc3c(N)ncnc32)[C@H](OCC(=O)NCCOCCOCCOCCOCCOCCOCCOCCOCCOCCOCCN=N)[C@@H]1O[Si](C)(C)C(C)(C)C. The van der Waals surface area contributed by atoms with Crippen LogP contribution in [-0.4, -0.2) is 219 Å². The van der Waals surface area contributed by atoms with Gasteiger partial charge in [0.1, 0.15) is 36.8 Å². The van der Waals surface area contributed by atoms with Gasteiger partial charge in [0, 0.05) is 6.54 Å². The van der Waals surface area contributed by atoms with Gasteiger partial charge in [-0.05, 0) is 36.3 Å². The average Bonchev–Trinajstić information content (AvgIpc) is 3.89. The summed E-state index contributed by atoms with van der Waals surface area (Å²) in [5, 5.41) is 5.97. The smallest absolute Gasteiger partial charge is 0.246 e. The molecule has 2 aromatic heterocycles. The van der Waals surface area contributed by atoms with E-state index < -0.39 is 41.2 Å². The summed E-state index contributed by atoms with van der Waals surface area (Å²) in [4.78, 5) is 26.3. The van der Waals surface area contributed by atoms with Crippen LogP contribution in [0.15, 0.2) is 17.8 Å². The zero-order chi connectivity index (χ0) is 52.0. The summed E-state index contributed by atoms with van der Waals surface area (Å²) >= 11 is 0. The lowest BCUT2D eigenvalue weighted by molar-refractivity contribution is -0.132. The van der Waals surface area contributed by atoms with Gasteiger partial charge in [-0.1, -0.05) is 41.5 Å². The van der Waals surface area contributed by atoms with E-state index in [9.17, 15) is 4.79 Å². The van der Waals surface area contributed by atoms with Gasteiger partial charge in [0.25, 0.3) is 0 Å². The van der Waals surface area contributed by atoms with Crippen molar-refractivity contribution in [3.63, 3.8) is 0 Å². The number of imidazole rings is 1. The van der Waals surface area contributed by atoms with Crippen LogP contribution in [0.4, 0.5) is 5.82 Å². The standard InChI is InChI=1S/C46H88N8O15Si2/c1-45(2,3)70(7,8)67-33-37-40(69-71(9,10)46(4,5)6)41(44(68-37)54-36-52-39-42(47)50-35-51-43(39)54)66-34-38(55)49-11-13-56-15-17-58-19-21-60-23-25-62-27-29-64-31-32-65-30-28-63-26-24-61-22-20-59-18-16-57-14-12-53-48/h35-37,40-41,44,48H,11-34H2,1-10H3,(H,49,55)(H2,47,50,51)/t37-,40-,41-,44-/m1/s1. The number of ether oxygens (including phenoxy) is 12. The molecule has 71 heavy (non-hydrogen) atoms. The fourth-order valence-corrected chi connectivity index (χ4v) is 8.48. The summed E-state index contributed by atoms with van der Waals surface area (Å²) in [6, 6.07) is 0. The largest absolute Gasteiger partial charge is 0.414 e. The molecule has 25 heteroatoms. The minimum Gasteiger partial charge on any atom is -0.414 e. The van der Waals surface area contributed by atoms with E-state index in [4.69, 9.17) is 77.0 Å². The van der Waals surface area contributed by atoms with Crippen molar-refractivity contribution >= 4 is 39.5 Å². The lowest BCUT2D eigenvalue weighted by atomic mass is 10.1. The number of nitrogens with zero attached hydrogens (tertiary/aromatic N) is 5. The van der Waals surface area contributed by atoms with Crippen LogP contribution in [0, 0.1) is 5.53 Å². The Morgan fingerprint density at radius 2 is 1.10 bits per heavy atom. The molecule has 0 unspecified atom stereocenters. The van der Waals surface area contributed by atoms with Gasteiger partial charge in [0.2, 0.25) is 5.91 Å². The molecule has 4 atom stereocenters. The topological polar surface area (TPSA) is 264 Å². The second-order valence-corrected chi connectivity index (χ2v) is 29.3. The summed E-state index contributed by atoms with van der Waals surface area (Å²) in [6.45, 7) is 31.7. The highest BCUT2D eigenvalue weighted by Crippen LogP contribution is 2.44. The monoisotopic (exact) mass is 1050 g/mol. The molecule has 0 spiro atoms. The van der Waals surface area contributed by atoms with Gasteiger partial charge in [-0.25, -0.2) is 20.5 Å². The minimum atomic E-state index is -2.40. The summed E-state index contributed by atoms with van der Waals surface area (Å²) in [7, 11) is -4.58. The molecule has 1 amide bonds. The third-order valence-corrected chi connectivity index (χ3v) is 21.2. The van der Waals surface area contributed by atoms with Gasteiger partial charge in [0.05, 0.1) is 152 Å². The zero-order valence-electron chi connectivity index (χ0n) is 44.4. The molecular weight excluding hydrogens is 961 g/mol. The first-order chi connectivity index (χ1) is 33.9. The number of carbonyl (C=O) groups excluding carboxylic acids is 1. The second kappa shape index (κ2) is 34.0. The highest BCUT2D eigenvalue weighted by atomic mass is 28.4. The predicted molar refractivity (Wildman–Crippen MR) is 270 cm³/mol.